The van der Waals surface area contributed by atoms with Gasteiger partial charge in [-0.2, -0.15) is 4.31 Å². The smallest absolute Gasteiger partial charge is 0.243 e. The van der Waals surface area contributed by atoms with E-state index >= 15 is 0 Å². The molecule has 0 saturated carbocycles. The van der Waals surface area contributed by atoms with Crippen molar-refractivity contribution in [3.63, 3.8) is 0 Å². The predicted octanol–water partition coefficient (Wildman–Crippen LogP) is 2.15. The van der Waals surface area contributed by atoms with E-state index in [1.807, 2.05) is 19.1 Å². The Morgan fingerprint density at radius 1 is 1.30 bits per heavy atom. The molecule has 1 saturated heterocycles. The number of aryl methyl sites for hydroxylation is 1. The molecule has 0 amide bonds. The molecule has 0 aromatic heterocycles. The van der Waals surface area contributed by atoms with Gasteiger partial charge in [-0.3, -0.25) is 0 Å². The molecule has 1 aliphatic heterocycles. The number of hydrogen-bond acceptors (Lipinski definition) is 3. The predicted molar refractivity (Wildman–Crippen MR) is 81.3 cm³/mol. The van der Waals surface area contributed by atoms with Crippen LogP contribution in [0.4, 0.5) is 0 Å². The van der Waals surface area contributed by atoms with Crippen molar-refractivity contribution in [3.05, 3.63) is 29.8 Å². The third kappa shape index (κ3) is 3.59. The van der Waals surface area contributed by atoms with Crippen LogP contribution in [-0.4, -0.2) is 38.4 Å². The molecule has 4 nitrogen and oxygen atoms in total. The topological polar surface area (TPSA) is 49.4 Å². The Balaban J connectivity index is 2.10. The largest absolute Gasteiger partial charge is 0.313 e. The summed E-state index contributed by atoms with van der Waals surface area (Å²) in [6.07, 6.45) is 3.05. The maximum atomic E-state index is 12.6. The quantitative estimate of drug-likeness (QED) is 0.906. The average molecular weight is 296 g/mol. The first-order chi connectivity index (χ1) is 9.54. The lowest BCUT2D eigenvalue weighted by Crippen LogP contribution is -2.48. The summed E-state index contributed by atoms with van der Waals surface area (Å²) in [4.78, 5) is 0.402. The monoisotopic (exact) mass is 296 g/mol. The van der Waals surface area contributed by atoms with Crippen LogP contribution in [0.3, 0.4) is 0 Å². The molecule has 1 unspecified atom stereocenters. The second-order valence-corrected chi connectivity index (χ2v) is 7.41. The van der Waals surface area contributed by atoms with Crippen LogP contribution in [0.25, 0.3) is 0 Å². The van der Waals surface area contributed by atoms with Crippen molar-refractivity contribution < 1.29 is 8.42 Å². The maximum Gasteiger partial charge on any atom is 0.243 e. The minimum atomic E-state index is -3.34. The number of rotatable bonds is 5. The van der Waals surface area contributed by atoms with Crippen molar-refractivity contribution in [1.82, 2.24) is 9.62 Å². The lowest BCUT2D eigenvalue weighted by Gasteiger charge is -2.32. The van der Waals surface area contributed by atoms with E-state index in [0.717, 1.165) is 31.4 Å². The minimum absolute atomic E-state index is 0.281. The molecule has 0 spiro atoms. The molecule has 0 radical (unpaired) electrons. The highest BCUT2D eigenvalue weighted by atomic mass is 32.2. The molecule has 1 fully saturated rings. The van der Waals surface area contributed by atoms with Gasteiger partial charge in [-0.15, -0.1) is 0 Å². The summed E-state index contributed by atoms with van der Waals surface area (Å²) in [5.41, 5.74) is 1.07. The summed E-state index contributed by atoms with van der Waals surface area (Å²) in [7, 11) is -3.34. The SMILES string of the molecule is CCCNC1CCCN(S(=O)(=O)c2ccc(C)cc2)C1. The molecule has 2 rings (SSSR count). The molecule has 1 N–H and O–H groups in total. The van der Waals surface area contributed by atoms with Gasteiger partial charge in [0, 0.05) is 19.1 Å². The van der Waals surface area contributed by atoms with E-state index in [4.69, 9.17) is 0 Å². The Bertz CT molecular complexity index is 525. The molecule has 112 valence electrons. The molecular weight excluding hydrogens is 272 g/mol. The van der Waals surface area contributed by atoms with Crippen LogP contribution < -0.4 is 5.32 Å². The molecule has 1 heterocycles. The summed E-state index contributed by atoms with van der Waals surface area (Å²) < 4.78 is 26.9. The Hall–Kier alpha value is -0.910. The van der Waals surface area contributed by atoms with Crippen LogP contribution in [0.2, 0.25) is 0 Å². The zero-order chi connectivity index (χ0) is 14.6. The van der Waals surface area contributed by atoms with Gasteiger partial charge in [-0.25, -0.2) is 8.42 Å². The molecule has 0 aliphatic carbocycles. The van der Waals surface area contributed by atoms with Crippen LogP contribution in [0.1, 0.15) is 31.7 Å². The van der Waals surface area contributed by atoms with E-state index in [-0.39, 0.29) is 6.04 Å². The second kappa shape index (κ2) is 6.70. The number of nitrogens with zero attached hydrogens (tertiary/aromatic N) is 1. The van der Waals surface area contributed by atoms with E-state index in [1.54, 1.807) is 16.4 Å². The van der Waals surface area contributed by atoms with Crippen LogP contribution in [0.5, 0.6) is 0 Å². The number of piperidine rings is 1. The van der Waals surface area contributed by atoms with E-state index < -0.39 is 10.0 Å². The number of nitrogens with one attached hydrogen (secondary N) is 1. The van der Waals surface area contributed by atoms with Gasteiger partial charge >= 0.3 is 0 Å². The fourth-order valence-corrected chi connectivity index (χ4v) is 4.06. The van der Waals surface area contributed by atoms with Crippen molar-refractivity contribution in [2.75, 3.05) is 19.6 Å². The minimum Gasteiger partial charge on any atom is -0.313 e. The Labute approximate surface area is 122 Å². The maximum absolute atomic E-state index is 12.6. The standard InChI is InChI=1S/C15H24N2O2S/c1-3-10-16-14-5-4-11-17(12-14)20(18,19)15-8-6-13(2)7-9-15/h6-9,14,16H,3-5,10-12H2,1-2H3. The molecule has 5 heteroatoms. The number of hydrogen-bond donors (Lipinski definition) is 1. The molecule has 1 aromatic carbocycles. The molecular formula is C15H24N2O2S. The van der Waals surface area contributed by atoms with E-state index in [2.05, 4.69) is 12.2 Å². The van der Waals surface area contributed by atoms with Crippen LogP contribution in [-0.2, 0) is 10.0 Å². The third-order valence-electron chi connectivity index (χ3n) is 3.73. The first-order valence-corrected chi connectivity index (χ1v) is 8.78. The van der Waals surface area contributed by atoms with Gasteiger partial charge in [-0.05, 0) is 44.9 Å². The van der Waals surface area contributed by atoms with Crippen molar-refractivity contribution in [3.8, 4) is 0 Å². The summed E-state index contributed by atoms with van der Waals surface area (Å²) in [6, 6.07) is 7.39. The highest BCUT2D eigenvalue weighted by molar-refractivity contribution is 7.89. The number of sulfonamides is 1. The Kier molecular flexibility index (Phi) is 5.18. The van der Waals surface area contributed by atoms with Crippen molar-refractivity contribution in [1.29, 1.82) is 0 Å². The van der Waals surface area contributed by atoms with Crippen LogP contribution in [0, 0.1) is 6.92 Å². The fourth-order valence-electron chi connectivity index (χ4n) is 2.54. The summed E-state index contributed by atoms with van der Waals surface area (Å²) >= 11 is 0. The Morgan fingerprint density at radius 3 is 2.65 bits per heavy atom. The van der Waals surface area contributed by atoms with Gasteiger partial charge < -0.3 is 5.32 Å². The zero-order valence-corrected chi connectivity index (χ0v) is 13.1. The highest BCUT2D eigenvalue weighted by Crippen LogP contribution is 2.21. The summed E-state index contributed by atoms with van der Waals surface area (Å²) in [5.74, 6) is 0. The molecule has 20 heavy (non-hydrogen) atoms. The normalized spacial score (nSPS) is 21.0. The lowest BCUT2D eigenvalue weighted by atomic mass is 10.1. The van der Waals surface area contributed by atoms with E-state index in [0.29, 0.717) is 18.0 Å². The average Bonchev–Trinajstić information content (AvgIpc) is 2.46. The fraction of sp³-hybridized carbons (Fsp3) is 0.600. The summed E-state index contributed by atoms with van der Waals surface area (Å²) in [6.45, 7) is 6.23. The number of benzene rings is 1. The first kappa shape index (κ1) is 15.5. The van der Waals surface area contributed by atoms with Gasteiger partial charge in [-0.1, -0.05) is 24.6 Å². The lowest BCUT2D eigenvalue weighted by molar-refractivity contribution is 0.284. The highest BCUT2D eigenvalue weighted by Gasteiger charge is 2.29. The van der Waals surface area contributed by atoms with Crippen LogP contribution >= 0.6 is 0 Å². The second-order valence-electron chi connectivity index (χ2n) is 5.47. The molecule has 1 aliphatic rings. The van der Waals surface area contributed by atoms with Crippen LogP contribution in [0.15, 0.2) is 29.2 Å². The van der Waals surface area contributed by atoms with Crippen molar-refractivity contribution in [2.24, 2.45) is 0 Å². The molecule has 1 atom stereocenters. The summed E-state index contributed by atoms with van der Waals surface area (Å²) in [5, 5.41) is 3.43. The van der Waals surface area contributed by atoms with Gasteiger partial charge in [0.25, 0.3) is 0 Å². The van der Waals surface area contributed by atoms with E-state index in [9.17, 15) is 8.42 Å². The molecule has 1 aromatic rings. The van der Waals surface area contributed by atoms with Gasteiger partial charge in [0.15, 0.2) is 0 Å². The van der Waals surface area contributed by atoms with Crippen molar-refractivity contribution in [2.45, 2.75) is 44.0 Å². The zero-order valence-electron chi connectivity index (χ0n) is 12.3. The first-order valence-electron chi connectivity index (χ1n) is 7.34. The van der Waals surface area contributed by atoms with E-state index in [1.165, 1.54) is 0 Å². The van der Waals surface area contributed by atoms with Gasteiger partial charge in [0.05, 0.1) is 4.90 Å². The van der Waals surface area contributed by atoms with Crippen molar-refractivity contribution >= 4 is 10.0 Å². The third-order valence-corrected chi connectivity index (χ3v) is 5.61. The molecule has 0 bridgehead atoms. The van der Waals surface area contributed by atoms with Gasteiger partial charge in [0.2, 0.25) is 10.0 Å². The van der Waals surface area contributed by atoms with Gasteiger partial charge in [0.1, 0.15) is 0 Å². The Morgan fingerprint density at radius 2 is 2.00 bits per heavy atom.